The molecule has 9 heteroatoms. The van der Waals surface area contributed by atoms with Crippen LogP contribution >= 0.6 is 22.9 Å². The van der Waals surface area contributed by atoms with E-state index in [0.717, 1.165) is 22.1 Å². The number of carbonyl (C=O) groups is 1. The molecule has 0 aliphatic rings. The molecule has 0 saturated carbocycles. The Morgan fingerprint density at radius 3 is 2.87 bits per heavy atom. The Morgan fingerprint density at radius 1 is 1.27 bits per heavy atom. The lowest BCUT2D eigenvalue weighted by Gasteiger charge is -2.11. The number of anilines is 1. The number of hydrogen-bond acceptors (Lipinski definition) is 7. The van der Waals surface area contributed by atoms with Crippen molar-refractivity contribution in [1.29, 1.82) is 0 Å². The summed E-state index contributed by atoms with van der Waals surface area (Å²) in [6.45, 7) is 2.35. The largest absolute Gasteiger partial charge is 0.478 e. The van der Waals surface area contributed by atoms with E-state index in [1.165, 1.54) is 11.3 Å². The highest BCUT2D eigenvalue weighted by Crippen LogP contribution is 2.35. The number of nitrogens with two attached hydrogens (primary N) is 1. The van der Waals surface area contributed by atoms with Gasteiger partial charge < -0.3 is 15.8 Å². The van der Waals surface area contributed by atoms with Gasteiger partial charge in [0.25, 0.3) is 5.91 Å². The molecule has 4 aromatic rings. The van der Waals surface area contributed by atoms with E-state index >= 15 is 0 Å². The maximum atomic E-state index is 11.9. The van der Waals surface area contributed by atoms with Crippen LogP contribution in [0.4, 0.5) is 5.82 Å². The normalized spacial score (nSPS) is 10.9. The number of nitrogens with zero attached hydrogens (tertiary/aromatic N) is 3. The van der Waals surface area contributed by atoms with Crippen molar-refractivity contribution in [1.82, 2.24) is 15.0 Å². The molecular formula is C21H18ClN5O2S. The van der Waals surface area contributed by atoms with E-state index in [-0.39, 0.29) is 6.07 Å². The van der Waals surface area contributed by atoms with Gasteiger partial charge >= 0.3 is 0 Å². The summed E-state index contributed by atoms with van der Waals surface area (Å²) < 4.78 is 5.35. The highest BCUT2D eigenvalue weighted by atomic mass is 35.5. The summed E-state index contributed by atoms with van der Waals surface area (Å²) in [6, 6.07) is 11.4. The molecule has 3 aromatic heterocycles. The zero-order valence-electron chi connectivity index (χ0n) is 16.1. The van der Waals surface area contributed by atoms with E-state index in [2.05, 4.69) is 15.3 Å². The van der Waals surface area contributed by atoms with Crippen LogP contribution in [0.15, 0.2) is 48.8 Å². The first-order chi connectivity index (χ1) is 14.6. The first kappa shape index (κ1) is 20.1. The monoisotopic (exact) mass is 439 g/mol. The number of halogens is 1. The highest BCUT2D eigenvalue weighted by molar-refractivity contribution is 7.20. The number of rotatable bonds is 7. The molecule has 30 heavy (non-hydrogen) atoms. The molecule has 7 nitrogen and oxygen atoms in total. The number of alkyl halides is 1. The number of benzene rings is 1. The van der Waals surface area contributed by atoms with Gasteiger partial charge in [-0.2, -0.15) is 0 Å². The Morgan fingerprint density at radius 2 is 2.13 bits per heavy atom. The zero-order valence-corrected chi connectivity index (χ0v) is 17.6. The fourth-order valence-electron chi connectivity index (χ4n) is 3.12. The van der Waals surface area contributed by atoms with Crippen molar-refractivity contribution in [2.75, 3.05) is 11.4 Å². The quantitative estimate of drug-likeness (QED) is 0.415. The summed E-state index contributed by atoms with van der Waals surface area (Å²) in [4.78, 5) is 26.5. The summed E-state index contributed by atoms with van der Waals surface area (Å²) in [5, 5.41) is 4.16. The Hall–Kier alpha value is -3.23. The van der Waals surface area contributed by atoms with Crippen molar-refractivity contribution in [2.24, 2.45) is 5.73 Å². The molecule has 0 atom stereocenters. The maximum Gasteiger partial charge on any atom is 0.259 e. The number of fused-ring (bicyclic) bond motifs is 1. The molecule has 1 amide bonds. The van der Waals surface area contributed by atoms with Crippen molar-refractivity contribution >= 4 is 44.9 Å². The Labute approximate surface area is 181 Å². The molecular weight excluding hydrogens is 422 g/mol. The standard InChI is InChI=1S/C21H18ClN5O2S/c1-12-16-20(25-9-13-4-2-6-15(8-13)29-11-22)26-19(14-5-3-7-24-10-14)27-21(16)30-17(12)18(23)28/h2-8,10H,9,11H2,1H3,(H2,23,28)(H,25,26,27). The molecule has 0 fully saturated rings. The molecule has 0 spiro atoms. The van der Waals surface area contributed by atoms with E-state index in [4.69, 9.17) is 27.1 Å². The number of primary amides is 1. The van der Waals surface area contributed by atoms with Crippen LogP contribution in [-0.4, -0.2) is 26.9 Å². The van der Waals surface area contributed by atoms with Gasteiger partial charge in [0.15, 0.2) is 11.9 Å². The number of pyridine rings is 1. The molecule has 1 aromatic carbocycles. The van der Waals surface area contributed by atoms with Gasteiger partial charge in [0.05, 0.1) is 10.3 Å². The van der Waals surface area contributed by atoms with Crippen LogP contribution < -0.4 is 15.8 Å². The van der Waals surface area contributed by atoms with E-state index < -0.39 is 5.91 Å². The SMILES string of the molecule is Cc1c(C(N)=O)sc2nc(-c3cccnc3)nc(NCc3cccc(OCCl)c3)c12. The summed E-state index contributed by atoms with van der Waals surface area (Å²) in [7, 11) is 0. The van der Waals surface area contributed by atoms with Crippen LogP contribution in [-0.2, 0) is 6.54 Å². The minimum atomic E-state index is -0.477. The second-order valence-electron chi connectivity index (χ2n) is 6.49. The van der Waals surface area contributed by atoms with Crippen molar-refractivity contribution in [3.05, 3.63) is 64.8 Å². The zero-order chi connectivity index (χ0) is 21.1. The number of hydrogen-bond donors (Lipinski definition) is 2. The van der Waals surface area contributed by atoms with Crippen LogP contribution in [0.5, 0.6) is 5.75 Å². The molecule has 0 radical (unpaired) electrons. The first-order valence-corrected chi connectivity index (χ1v) is 10.4. The lowest BCUT2D eigenvalue weighted by Crippen LogP contribution is -2.10. The molecule has 0 saturated heterocycles. The smallest absolute Gasteiger partial charge is 0.259 e. The Balaban J connectivity index is 1.76. The highest BCUT2D eigenvalue weighted by Gasteiger charge is 2.19. The lowest BCUT2D eigenvalue weighted by molar-refractivity contribution is 0.100. The van der Waals surface area contributed by atoms with Crippen molar-refractivity contribution in [3.63, 3.8) is 0 Å². The summed E-state index contributed by atoms with van der Waals surface area (Å²) in [6.07, 6.45) is 3.39. The van der Waals surface area contributed by atoms with E-state index in [1.54, 1.807) is 12.4 Å². The van der Waals surface area contributed by atoms with E-state index in [1.807, 2.05) is 43.3 Å². The van der Waals surface area contributed by atoms with Gasteiger partial charge in [-0.05, 0) is 42.3 Å². The Bertz CT molecular complexity index is 1210. The van der Waals surface area contributed by atoms with Crippen molar-refractivity contribution < 1.29 is 9.53 Å². The molecule has 0 unspecified atom stereocenters. The summed E-state index contributed by atoms with van der Waals surface area (Å²) in [5.41, 5.74) is 8.10. The minimum absolute atomic E-state index is 0.0852. The average molecular weight is 440 g/mol. The predicted molar refractivity (Wildman–Crippen MR) is 119 cm³/mol. The van der Waals surface area contributed by atoms with Crippen LogP contribution in [0.2, 0.25) is 0 Å². The molecule has 152 valence electrons. The van der Waals surface area contributed by atoms with E-state index in [0.29, 0.717) is 33.6 Å². The second kappa shape index (κ2) is 8.64. The topological polar surface area (TPSA) is 103 Å². The summed E-state index contributed by atoms with van der Waals surface area (Å²) in [5.74, 6) is 1.37. The second-order valence-corrected chi connectivity index (χ2v) is 7.71. The number of ether oxygens (including phenoxy) is 1. The van der Waals surface area contributed by atoms with Crippen LogP contribution in [0, 0.1) is 6.92 Å². The average Bonchev–Trinajstić information content (AvgIpc) is 3.10. The molecule has 0 aliphatic heterocycles. The number of nitrogens with one attached hydrogen (secondary N) is 1. The van der Waals surface area contributed by atoms with Crippen LogP contribution in [0.3, 0.4) is 0 Å². The number of aromatic nitrogens is 3. The van der Waals surface area contributed by atoms with Crippen LogP contribution in [0.25, 0.3) is 21.6 Å². The van der Waals surface area contributed by atoms with Crippen molar-refractivity contribution in [3.8, 4) is 17.1 Å². The van der Waals surface area contributed by atoms with Crippen LogP contribution in [0.1, 0.15) is 20.8 Å². The van der Waals surface area contributed by atoms with Gasteiger partial charge in [0.1, 0.15) is 16.4 Å². The molecule has 0 bridgehead atoms. The third-order valence-corrected chi connectivity index (χ3v) is 5.82. The van der Waals surface area contributed by atoms with Crippen molar-refractivity contribution in [2.45, 2.75) is 13.5 Å². The van der Waals surface area contributed by atoms with Gasteiger partial charge in [-0.15, -0.1) is 11.3 Å². The number of aryl methyl sites for hydroxylation is 1. The first-order valence-electron chi connectivity index (χ1n) is 9.09. The number of thiophene rings is 1. The summed E-state index contributed by atoms with van der Waals surface area (Å²) >= 11 is 6.92. The predicted octanol–water partition coefficient (Wildman–Crippen LogP) is 4.35. The van der Waals surface area contributed by atoms with Gasteiger partial charge in [0, 0.05) is 24.5 Å². The number of carbonyl (C=O) groups excluding carboxylic acids is 1. The Kier molecular flexibility index (Phi) is 5.78. The third-order valence-electron chi connectivity index (χ3n) is 4.51. The van der Waals surface area contributed by atoms with Gasteiger partial charge in [-0.3, -0.25) is 9.78 Å². The van der Waals surface area contributed by atoms with Gasteiger partial charge in [-0.25, -0.2) is 9.97 Å². The number of amides is 1. The van der Waals surface area contributed by atoms with E-state index in [9.17, 15) is 4.79 Å². The minimum Gasteiger partial charge on any atom is -0.478 e. The molecule has 3 heterocycles. The molecule has 4 rings (SSSR count). The third kappa shape index (κ3) is 4.05. The molecule has 0 aliphatic carbocycles. The maximum absolute atomic E-state index is 11.9. The van der Waals surface area contributed by atoms with Gasteiger partial charge in [-0.1, -0.05) is 23.7 Å². The fourth-order valence-corrected chi connectivity index (χ4v) is 4.28. The lowest BCUT2D eigenvalue weighted by atomic mass is 10.1. The van der Waals surface area contributed by atoms with Gasteiger partial charge in [0.2, 0.25) is 0 Å². The molecule has 3 N–H and O–H groups in total. The fraction of sp³-hybridized carbons (Fsp3) is 0.143.